The normalized spacial score (nSPS) is 11.6. The van der Waals surface area contributed by atoms with Gasteiger partial charge >= 0.3 is 0 Å². The number of ether oxygens (including phenoxy) is 2. The molecule has 0 aromatic heterocycles. The SMILES string of the molecule is COCc1cc(F)c(OC)c(C(C)(C)CO)c1. The van der Waals surface area contributed by atoms with Crippen LogP contribution in [-0.4, -0.2) is 25.9 Å². The highest BCUT2D eigenvalue weighted by atomic mass is 19.1. The quantitative estimate of drug-likeness (QED) is 0.860. The number of halogens is 1. The van der Waals surface area contributed by atoms with Crippen molar-refractivity contribution >= 4 is 0 Å². The molecule has 1 aromatic carbocycles. The van der Waals surface area contributed by atoms with Crippen LogP contribution in [0.3, 0.4) is 0 Å². The van der Waals surface area contributed by atoms with Gasteiger partial charge in [0.15, 0.2) is 11.6 Å². The fraction of sp³-hybridized carbons (Fsp3) is 0.538. The van der Waals surface area contributed by atoms with E-state index in [1.54, 1.807) is 7.11 Å². The fourth-order valence-corrected chi connectivity index (χ4v) is 1.69. The van der Waals surface area contributed by atoms with E-state index < -0.39 is 11.2 Å². The number of aliphatic hydroxyl groups is 1. The first kappa shape index (κ1) is 13.9. The summed E-state index contributed by atoms with van der Waals surface area (Å²) in [6.07, 6.45) is 0. The average Bonchev–Trinajstić information content (AvgIpc) is 2.28. The van der Waals surface area contributed by atoms with E-state index in [1.807, 2.05) is 19.9 Å². The first-order valence-electron chi connectivity index (χ1n) is 5.43. The smallest absolute Gasteiger partial charge is 0.165 e. The molecule has 96 valence electrons. The lowest BCUT2D eigenvalue weighted by atomic mass is 9.84. The Bertz CT molecular complexity index is 388. The number of hydrogen-bond acceptors (Lipinski definition) is 3. The number of benzene rings is 1. The van der Waals surface area contributed by atoms with Crippen LogP contribution in [0.15, 0.2) is 12.1 Å². The van der Waals surface area contributed by atoms with Crippen LogP contribution < -0.4 is 4.74 Å². The first-order chi connectivity index (χ1) is 7.96. The molecule has 1 N–H and O–H groups in total. The molecule has 0 saturated carbocycles. The highest BCUT2D eigenvalue weighted by Crippen LogP contribution is 2.34. The Hall–Kier alpha value is -1.13. The molecule has 0 atom stereocenters. The van der Waals surface area contributed by atoms with Gasteiger partial charge in [0.1, 0.15) is 0 Å². The summed E-state index contributed by atoms with van der Waals surface area (Å²) < 4.78 is 23.9. The Morgan fingerprint density at radius 3 is 2.41 bits per heavy atom. The van der Waals surface area contributed by atoms with Gasteiger partial charge in [0.05, 0.1) is 20.3 Å². The zero-order chi connectivity index (χ0) is 13.1. The van der Waals surface area contributed by atoms with Crippen molar-refractivity contribution in [2.75, 3.05) is 20.8 Å². The number of rotatable bonds is 5. The minimum Gasteiger partial charge on any atom is -0.493 e. The van der Waals surface area contributed by atoms with Crippen LogP contribution in [0, 0.1) is 5.82 Å². The van der Waals surface area contributed by atoms with E-state index in [0.717, 1.165) is 5.56 Å². The minimum atomic E-state index is -0.560. The first-order valence-corrected chi connectivity index (χ1v) is 5.43. The Balaban J connectivity index is 3.33. The Kier molecular flexibility index (Phi) is 4.48. The van der Waals surface area contributed by atoms with E-state index in [1.165, 1.54) is 13.2 Å². The number of methoxy groups -OCH3 is 2. The molecule has 0 aliphatic carbocycles. The van der Waals surface area contributed by atoms with Crippen molar-refractivity contribution in [3.8, 4) is 5.75 Å². The maximum Gasteiger partial charge on any atom is 0.165 e. The van der Waals surface area contributed by atoms with E-state index in [2.05, 4.69) is 0 Å². The molecule has 17 heavy (non-hydrogen) atoms. The van der Waals surface area contributed by atoms with Gasteiger partial charge in [0.2, 0.25) is 0 Å². The third-order valence-corrected chi connectivity index (χ3v) is 2.74. The van der Waals surface area contributed by atoms with E-state index in [-0.39, 0.29) is 12.4 Å². The van der Waals surface area contributed by atoms with Crippen LogP contribution in [0.4, 0.5) is 4.39 Å². The molecule has 0 bridgehead atoms. The van der Waals surface area contributed by atoms with Gasteiger partial charge < -0.3 is 14.6 Å². The highest BCUT2D eigenvalue weighted by molar-refractivity contribution is 5.43. The third-order valence-electron chi connectivity index (χ3n) is 2.74. The predicted molar refractivity (Wildman–Crippen MR) is 63.8 cm³/mol. The number of aliphatic hydroxyl groups excluding tert-OH is 1. The molecule has 0 fully saturated rings. The standard InChI is InChI=1S/C13H19FO3/c1-13(2,8-15)10-5-9(7-16-3)6-11(14)12(10)17-4/h5-6,15H,7-8H2,1-4H3. The van der Waals surface area contributed by atoms with Crippen molar-refractivity contribution in [2.24, 2.45) is 0 Å². The van der Waals surface area contributed by atoms with Crippen LogP contribution in [0.25, 0.3) is 0 Å². The zero-order valence-electron chi connectivity index (χ0n) is 10.7. The van der Waals surface area contributed by atoms with Crippen LogP contribution in [-0.2, 0) is 16.8 Å². The average molecular weight is 242 g/mol. The van der Waals surface area contributed by atoms with E-state index in [0.29, 0.717) is 12.2 Å². The summed E-state index contributed by atoms with van der Waals surface area (Å²) in [5.41, 5.74) is 0.813. The fourth-order valence-electron chi connectivity index (χ4n) is 1.69. The summed E-state index contributed by atoms with van der Waals surface area (Å²) in [6, 6.07) is 3.20. The molecule has 0 amide bonds. The summed E-state index contributed by atoms with van der Waals surface area (Å²) in [6.45, 7) is 3.91. The summed E-state index contributed by atoms with van der Waals surface area (Å²) in [4.78, 5) is 0. The Labute approximate surface area is 101 Å². The molecule has 0 radical (unpaired) electrons. The molecule has 0 aliphatic heterocycles. The lowest BCUT2D eigenvalue weighted by Crippen LogP contribution is -2.23. The topological polar surface area (TPSA) is 38.7 Å². The molecule has 4 heteroatoms. The molecular formula is C13H19FO3. The summed E-state index contributed by atoms with van der Waals surface area (Å²) in [5.74, 6) is -0.248. The predicted octanol–water partition coefficient (Wildman–Crippen LogP) is 2.25. The molecule has 0 unspecified atom stereocenters. The maximum atomic E-state index is 13.8. The highest BCUT2D eigenvalue weighted by Gasteiger charge is 2.26. The van der Waals surface area contributed by atoms with Crippen molar-refractivity contribution in [1.29, 1.82) is 0 Å². The Morgan fingerprint density at radius 1 is 1.29 bits per heavy atom. The van der Waals surface area contributed by atoms with Crippen molar-refractivity contribution < 1.29 is 19.0 Å². The monoisotopic (exact) mass is 242 g/mol. The van der Waals surface area contributed by atoms with E-state index in [9.17, 15) is 9.50 Å². The molecular weight excluding hydrogens is 223 g/mol. The van der Waals surface area contributed by atoms with E-state index in [4.69, 9.17) is 9.47 Å². The summed E-state index contributed by atoms with van der Waals surface area (Å²) in [7, 11) is 2.98. The minimum absolute atomic E-state index is 0.0841. The molecule has 1 aromatic rings. The van der Waals surface area contributed by atoms with Gasteiger partial charge in [-0.3, -0.25) is 0 Å². The van der Waals surface area contributed by atoms with E-state index >= 15 is 0 Å². The third kappa shape index (κ3) is 2.96. The van der Waals surface area contributed by atoms with Crippen molar-refractivity contribution in [3.63, 3.8) is 0 Å². The van der Waals surface area contributed by atoms with Crippen molar-refractivity contribution in [2.45, 2.75) is 25.9 Å². The lowest BCUT2D eigenvalue weighted by molar-refractivity contribution is 0.183. The van der Waals surface area contributed by atoms with Crippen LogP contribution >= 0.6 is 0 Å². The molecule has 1 rings (SSSR count). The van der Waals surface area contributed by atoms with Gasteiger partial charge in [-0.15, -0.1) is 0 Å². The summed E-state index contributed by atoms with van der Waals surface area (Å²) >= 11 is 0. The molecule has 0 saturated heterocycles. The molecule has 0 spiro atoms. The van der Waals surface area contributed by atoms with Gasteiger partial charge in [-0.2, -0.15) is 0 Å². The van der Waals surface area contributed by atoms with Crippen LogP contribution in [0.2, 0.25) is 0 Å². The zero-order valence-corrected chi connectivity index (χ0v) is 10.7. The second-order valence-electron chi connectivity index (χ2n) is 4.63. The second-order valence-corrected chi connectivity index (χ2v) is 4.63. The van der Waals surface area contributed by atoms with Crippen LogP contribution in [0.1, 0.15) is 25.0 Å². The van der Waals surface area contributed by atoms with Crippen molar-refractivity contribution in [3.05, 3.63) is 29.1 Å². The second kappa shape index (κ2) is 5.47. The lowest BCUT2D eigenvalue weighted by Gasteiger charge is -2.25. The van der Waals surface area contributed by atoms with Gasteiger partial charge in [-0.05, 0) is 17.7 Å². The number of hydrogen-bond donors (Lipinski definition) is 1. The van der Waals surface area contributed by atoms with Gasteiger partial charge in [0, 0.05) is 18.1 Å². The molecule has 3 nitrogen and oxygen atoms in total. The van der Waals surface area contributed by atoms with Crippen molar-refractivity contribution in [1.82, 2.24) is 0 Å². The van der Waals surface area contributed by atoms with Gasteiger partial charge in [-0.1, -0.05) is 13.8 Å². The van der Waals surface area contributed by atoms with Crippen LogP contribution in [0.5, 0.6) is 5.75 Å². The molecule has 0 aliphatic rings. The summed E-state index contributed by atoms with van der Waals surface area (Å²) in [5, 5.41) is 9.37. The Morgan fingerprint density at radius 2 is 1.94 bits per heavy atom. The van der Waals surface area contributed by atoms with Gasteiger partial charge in [0.25, 0.3) is 0 Å². The maximum absolute atomic E-state index is 13.8. The largest absolute Gasteiger partial charge is 0.493 e. The van der Waals surface area contributed by atoms with Gasteiger partial charge in [-0.25, -0.2) is 4.39 Å². The molecule has 0 heterocycles.